The Bertz CT molecular complexity index is 994. The minimum atomic E-state index is -0.329. The van der Waals surface area contributed by atoms with E-state index in [0.717, 1.165) is 35.6 Å². The molecule has 0 saturated carbocycles. The van der Waals surface area contributed by atoms with Gasteiger partial charge in [-0.25, -0.2) is 9.97 Å². The van der Waals surface area contributed by atoms with Crippen molar-refractivity contribution in [2.45, 2.75) is 20.3 Å². The first-order valence-electron chi connectivity index (χ1n) is 8.78. The van der Waals surface area contributed by atoms with Crippen molar-refractivity contribution in [2.24, 2.45) is 0 Å². The molecular formula is C21H19ClN4O. The first-order valence-corrected chi connectivity index (χ1v) is 9.16. The van der Waals surface area contributed by atoms with E-state index >= 15 is 0 Å². The van der Waals surface area contributed by atoms with Crippen LogP contribution in [0.5, 0.6) is 0 Å². The summed E-state index contributed by atoms with van der Waals surface area (Å²) < 4.78 is 0. The molecule has 0 unspecified atom stereocenters. The zero-order valence-corrected chi connectivity index (χ0v) is 15.9. The van der Waals surface area contributed by atoms with Crippen LogP contribution in [0, 0.1) is 13.8 Å². The number of fused-ring (bicyclic) bond motifs is 1. The molecule has 6 heteroatoms. The van der Waals surface area contributed by atoms with E-state index < -0.39 is 0 Å². The van der Waals surface area contributed by atoms with Gasteiger partial charge in [0.25, 0.3) is 5.91 Å². The molecule has 0 saturated heterocycles. The lowest BCUT2D eigenvalue weighted by molar-refractivity contribution is 0.102. The van der Waals surface area contributed by atoms with Crippen molar-refractivity contribution in [2.75, 3.05) is 16.8 Å². The van der Waals surface area contributed by atoms with Crippen LogP contribution in [0.25, 0.3) is 0 Å². The molecule has 2 heterocycles. The Hall–Kier alpha value is -2.92. The summed E-state index contributed by atoms with van der Waals surface area (Å²) in [5, 5.41) is 3.35. The number of amides is 1. The van der Waals surface area contributed by atoms with Crippen molar-refractivity contribution in [3.05, 3.63) is 76.2 Å². The molecule has 1 N–H and O–H groups in total. The van der Waals surface area contributed by atoms with Crippen LogP contribution < -0.4 is 10.2 Å². The molecule has 1 aliphatic heterocycles. The monoisotopic (exact) mass is 378 g/mol. The lowest BCUT2D eigenvalue weighted by Crippen LogP contribution is -2.18. The summed E-state index contributed by atoms with van der Waals surface area (Å²) in [5.74, 6) is 0.408. The van der Waals surface area contributed by atoms with E-state index in [1.807, 2.05) is 38.1 Å². The fourth-order valence-corrected chi connectivity index (χ4v) is 3.77. The molecule has 1 aromatic heterocycles. The van der Waals surface area contributed by atoms with Crippen molar-refractivity contribution < 1.29 is 4.79 Å². The number of aryl methyl sites for hydroxylation is 2. The van der Waals surface area contributed by atoms with Crippen LogP contribution >= 0.6 is 11.6 Å². The summed E-state index contributed by atoms with van der Waals surface area (Å²) in [5.41, 5.74) is 5.25. The number of para-hydroxylation sites is 1. The highest BCUT2D eigenvalue weighted by Gasteiger charge is 2.21. The van der Waals surface area contributed by atoms with E-state index in [9.17, 15) is 4.79 Å². The number of hydrogen-bond donors (Lipinski definition) is 1. The first kappa shape index (κ1) is 17.5. The van der Waals surface area contributed by atoms with Crippen LogP contribution in [0.4, 0.5) is 17.2 Å². The summed E-state index contributed by atoms with van der Waals surface area (Å²) >= 11 is 6.27. The molecule has 2 aromatic carbocycles. The molecule has 4 rings (SSSR count). The van der Waals surface area contributed by atoms with E-state index in [-0.39, 0.29) is 11.6 Å². The predicted octanol–water partition coefficient (Wildman–Crippen LogP) is 4.69. The maximum Gasteiger partial charge on any atom is 0.275 e. The topological polar surface area (TPSA) is 58.1 Å². The van der Waals surface area contributed by atoms with Gasteiger partial charge in [-0.05, 0) is 49.1 Å². The molecule has 0 fully saturated rings. The summed E-state index contributed by atoms with van der Waals surface area (Å²) in [6, 6.07) is 12.1. The van der Waals surface area contributed by atoms with Crippen molar-refractivity contribution in [3.63, 3.8) is 0 Å². The number of nitrogens with one attached hydrogen (secondary N) is 1. The Morgan fingerprint density at radius 3 is 2.70 bits per heavy atom. The van der Waals surface area contributed by atoms with Gasteiger partial charge >= 0.3 is 0 Å². The smallest absolute Gasteiger partial charge is 0.275 e. The van der Waals surface area contributed by atoms with Gasteiger partial charge in [0.1, 0.15) is 5.69 Å². The lowest BCUT2D eigenvalue weighted by atomic mass is 10.1. The Morgan fingerprint density at radius 1 is 1.15 bits per heavy atom. The molecule has 136 valence electrons. The van der Waals surface area contributed by atoms with Crippen LogP contribution in [0.3, 0.4) is 0 Å². The summed E-state index contributed by atoms with van der Waals surface area (Å²) in [4.78, 5) is 23.4. The predicted molar refractivity (Wildman–Crippen MR) is 108 cm³/mol. The van der Waals surface area contributed by atoms with Crippen LogP contribution in [-0.2, 0) is 6.42 Å². The Morgan fingerprint density at radius 2 is 1.96 bits per heavy atom. The van der Waals surface area contributed by atoms with Gasteiger partial charge in [-0.3, -0.25) is 4.79 Å². The van der Waals surface area contributed by atoms with E-state index in [1.165, 1.54) is 11.8 Å². The molecule has 0 radical (unpaired) electrons. The summed E-state index contributed by atoms with van der Waals surface area (Å²) in [7, 11) is 0. The average molecular weight is 379 g/mol. The number of halogens is 1. The lowest BCUT2D eigenvalue weighted by Gasteiger charge is -2.18. The van der Waals surface area contributed by atoms with Crippen molar-refractivity contribution in [1.82, 2.24) is 9.97 Å². The highest BCUT2D eigenvalue weighted by molar-refractivity contribution is 6.34. The van der Waals surface area contributed by atoms with Gasteiger partial charge in [0.05, 0.1) is 23.1 Å². The quantitative estimate of drug-likeness (QED) is 0.718. The molecule has 0 aliphatic carbocycles. The molecule has 1 amide bonds. The number of aromatic nitrogens is 2. The molecule has 0 spiro atoms. The van der Waals surface area contributed by atoms with Crippen molar-refractivity contribution in [1.29, 1.82) is 0 Å². The van der Waals surface area contributed by atoms with E-state index in [4.69, 9.17) is 11.6 Å². The van der Waals surface area contributed by atoms with Gasteiger partial charge < -0.3 is 10.2 Å². The standard InChI is InChI=1S/C21H19ClN4O/c1-13-9-14(2)20(16(22)10-13)25-21(27)17-11-24-19(12-23-17)26-8-7-15-5-3-4-6-18(15)26/h3-6,9-12H,7-8H2,1-2H3,(H,25,27). The van der Waals surface area contributed by atoms with Crippen LogP contribution in [0.2, 0.25) is 5.02 Å². The number of rotatable bonds is 3. The molecule has 27 heavy (non-hydrogen) atoms. The Balaban J connectivity index is 1.54. The van der Waals surface area contributed by atoms with E-state index in [0.29, 0.717) is 10.7 Å². The van der Waals surface area contributed by atoms with E-state index in [2.05, 4.69) is 32.3 Å². The Kier molecular flexibility index (Phi) is 4.54. The van der Waals surface area contributed by atoms with Gasteiger partial charge in [-0.1, -0.05) is 35.9 Å². The van der Waals surface area contributed by atoms with E-state index in [1.54, 1.807) is 6.20 Å². The molecule has 1 aliphatic rings. The maximum atomic E-state index is 12.5. The minimum Gasteiger partial charge on any atom is -0.325 e. The number of anilines is 3. The number of carbonyl (C=O) groups excluding carboxylic acids is 1. The fraction of sp³-hybridized carbons (Fsp3) is 0.190. The third-order valence-electron chi connectivity index (χ3n) is 4.70. The summed E-state index contributed by atoms with van der Waals surface area (Å²) in [6.45, 7) is 4.73. The SMILES string of the molecule is Cc1cc(C)c(NC(=O)c2cnc(N3CCc4ccccc43)cn2)c(Cl)c1. The van der Waals surface area contributed by atoms with Gasteiger partial charge in [-0.2, -0.15) is 0 Å². The van der Waals surface area contributed by atoms with Crippen LogP contribution in [0.15, 0.2) is 48.8 Å². The third-order valence-corrected chi connectivity index (χ3v) is 5.00. The number of hydrogen-bond acceptors (Lipinski definition) is 4. The number of carbonyl (C=O) groups is 1. The van der Waals surface area contributed by atoms with Gasteiger partial charge in [0, 0.05) is 12.2 Å². The minimum absolute atomic E-state index is 0.252. The molecule has 0 atom stereocenters. The second-order valence-electron chi connectivity index (χ2n) is 6.68. The second-order valence-corrected chi connectivity index (χ2v) is 7.09. The third kappa shape index (κ3) is 3.38. The Labute approximate surface area is 163 Å². The zero-order valence-electron chi connectivity index (χ0n) is 15.2. The number of benzene rings is 2. The second kappa shape index (κ2) is 7.00. The molecular weight excluding hydrogens is 360 g/mol. The largest absolute Gasteiger partial charge is 0.325 e. The van der Waals surface area contributed by atoms with Gasteiger partial charge in [0.15, 0.2) is 5.82 Å². The van der Waals surface area contributed by atoms with Gasteiger partial charge in [0.2, 0.25) is 0 Å². The highest BCUT2D eigenvalue weighted by atomic mass is 35.5. The average Bonchev–Trinajstić information content (AvgIpc) is 3.09. The van der Waals surface area contributed by atoms with Crippen LogP contribution in [-0.4, -0.2) is 22.4 Å². The van der Waals surface area contributed by atoms with Crippen molar-refractivity contribution >= 4 is 34.7 Å². The maximum absolute atomic E-state index is 12.5. The van der Waals surface area contributed by atoms with Crippen molar-refractivity contribution in [3.8, 4) is 0 Å². The number of nitrogens with zero attached hydrogens (tertiary/aromatic N) is 3. The normalized spacial score (nSPS) is 12.8. The first-order chi connectivity index (χ1) is 13.0. The highest BCUT2D eigenvalue weighted by Crippen LogP contribution is 2.33. The molecule has 0 bridgehead atoms. The molecule has 3 aromatic rings. The summed E-state index contributed by atoms with van der Waals surface area (Å²) in [6.07, 6.45) is 4.12. The zero-order chi connectivity index (χ0) is 19.0. The van der Waals surface area contributed by atoms with Crippen LogP contribution in [0.1, 0.15) is 27.2 Å². The van der Waals surface area contributed by atoms with Gasteiger partial charge in [-0.15, -0.1) is 0 Å². The fourth-order valence-electron chi connectivity index (χ4n) is 3.41. The molecule has 5 nitrogen and oxygen atoms in total.